The number of benzene rings is 1. The standard InChI is InChI=1S/C24H36N6O7/c1-13(32)20(23(35)28-18(24(36)37)8-4-5-9-25)30-22(34)19(12-31)29-21(33)16(26)10-14-11-27-17-7-3-2-6-15(14)17/h2-3,6-7,11,13,16,18-20,27,31-32H,4-5,8-10,12,25-26H2,1H3,(H,28,35)(H,29,33)(H,30,34)(H,36,37). The molecule has 13 nitrogen and oxygen atoms in total. The summed E-state index contributed by atoms with van der Waals surface area (Å²) in [6, 6.07) is 2.20. The van der Waals surface area contributed by atoms with Crippen LogP contribution in [-0.2, 0) is 25.6 Å². The van der Waals surface area contributed by atoms with Gasteiger partial charge in [0.2, 0.25) is 17.7 Å². The number of aliphatic carboxylic acids is 1. The van der Waals surface area contributed by atoms with Gasteiger partial charge >= 0.3 is 5.97 Å². The lowest BCUT2D eigenvalue weighted by Gasteiger charge is -2.26. The van der Waals surface area contributed by atoms with Crippen LogP contribution in [0.3, 0.4) is 0 Å². The van der Waals surface area contributed by atoms with Crippen LogP contribution in [0.1, 0.15) is 31.7 Å². The molecule has 0 bridgehead atoms. The van der Waals surface area contributed by atoms with Crippen molar-refractivity contribution >= 4 is 34.6 Å². The lowest BCUT2D eigenvalue weighted by molar-refractivity contribution is -0.143. The Morgan fingerprint density at radius 1 is 1.00 bits per heavy atom. The Kier molecular flexibility index (Phi) is 11.5. The number of fused-ring (bicyclic) bond motifs is 1. The summed E-state index contributed by atoms with van der Waals surface area (Å²) in [4.78, 5) is 52.6. The van der Waals surface area contributed by atoms with Crippen molar-refractivity contribution in [1.29, 1.82) is 0 Å². The number of aromatic amines is 1. The molecular weight excluding hydrogens is 484 g/mol. The summed E-state index contributed by atoms with van der Waals surface area (Å²) in [5, 5.41) is 36.9. The van der Waals surface area contributed by atoms with Gasteiger partial charge in [-0.1, -0.05) is 18.2 Å². The zero-order valence-electron chi connectivity index (χ0n) is 20.6. The summed E-state index contributed by atoms with van der Waals surface area (Å²) in [7, 11) is 0. The molecule has 1 heterocycles. The van der Waals surface area contributed by atoms with Crippen LogP contribution < -0.4 is 27.4 Å². The number of aliphatic hydroxyl groups is 2. The van der Waals surface area contributed by atoms with Crippen molar-refractivity contribution < 1.29 is 34.5 Å². The fraction of sp³-hybridized carbons (Fsp3) is 0.500. The molecule has 204 valence electrons. The molecule has 0 fully saturated rings. The number of aliphatic hydroxyl groups excluding tert-OH is 2. The highest BCUT2D eigenvalue weighted by atomic mass is 16.4. The van der Waals surface area contributed by atoms with Gasteiger partial charge in [0.1, 0.15) is 18.1 Å². The van der Waals surface area contributed by atoms with Crippen LogP contribution in [0, 0.1) is 0 Å². The zero-order chi connectivity index (χ0) is 27.5. The maximum Gasteiger partial charge on any atom is 0.326 e. The molecule has 11 N–H and O–H groups in total. The maximum atomic E-state index is 12.7. The predicted molar refractivity (Wildman–Crippen MR) is 135 cm³/mol. The minimum atomic E-state index is -1.53. The summed E-state index contributed by atoms with van der Waals surface area (Å²) in [5.74, 6) is -3.86. The van der Waals surface area contributed by atoms with Crippen molar-refractivity contribution in [2.24, 2.45) is 11.5 Å². The van der Waals surface area contributed by atoms with E-state index in [0.717, 1.165) is 16.5 Å². The molecule has 0 aliphatic carbocycles. The Balaban J connectivity index is 2.00. The van der Waals surface area contributed by atoms with Crippen LogP contribution in [0.15, 0.2) is 30.5 Å². The second-order valence-electron chi connectivity index (χ2n) is 8.82. The number of H-pyrrole nitrogens is 1. The molecule has 0 aliphatic rings. The lowest BCUT2D eigenvalue weighted by atomic mass is 10.0. The van der Waals surface area contributed by atoms with Crippen molar-refractivity contribution in [2.75, 3.05) is 13.2 Å². The minimum Gasteiger partial charge on any atom is -0.480 e. The third kappa shape index (κ3) is 8.53. The summed E-state index contributed by atoms with van der Waals surface area (Å²) in [6.07, 6.45) is 1.63. The van der Waals surface area contributed by atoms with Crippen molar-refractivity contribution in [3.63, 3.8) is 0 Å². The molecule has 2 rings (SSSR count). The zero-order valence-corrected chi connectivity index (χ0v) is 20.6. The third-order valence-corrected chi connectivity index (χ3v) is 5.89. The van der Waals surface area contributed by atoms with Gasteiger partial charge in [0.15, 0.2) is 0 Å². The Morgan fingerprint density at radius 3 is 2.30 bits per heavy atom. The second kappa shape index (κ2) is 14.3. The normalized spacial score (nSPS) is 15.3. The average molecular weight is 521 g/mol. The number of rotatable bonds is 15. The molecule has 0 saturated heterocycles. The van der Waals surface area contributed by atoms with Crippen molar-refractivity contribution in [1.82, 2.24) is 20.9 Å². The Morgan fingerprint density at radius 2 is 1.68 bits per heavy atom. The van der Waals surface area contributed by atoms with Gasteiger partial charge in [-0.15, -0.1) is 0 Å². The molecule has 0 saturated carbocycles. The highest BCUT2D eigenvalue weighted by Gasteiger charge is 2.32. The molecule has 13 heteroatoms. The Bertz CT molecular complexity index is 1070. The van der Waals surface area contributed by atoms with Crippen LogP contribution in [0.4, 0.5) is 0 Å². The Hall–Kier alpha value is -3.52. The van der Waals surface area contributed by atoms with Gasteiger partial charge in [-0.3, -0.25) is 14.4 Å². The van der Waals surface area contributed by atoms with E-state index in [-0.39, 0.29) is 12.8 Å². The fourth-order valence-electron chi connectivity index (χ4n) is 3.77. The van der Waals surface area contributed by atoms with E-state index in [9.17, 15) is 34.5 Å². The molecule has 1 aromatic heterocycles. The first-order chi connectivity index (χ1) is 17.6. The smallest absolute Gasteiger partial charge is 0.326 e. The van der Waals surface area contributed by atoms with Crippen molar-refractivity contribution in [2.45, 2.75) is 62.9 Å². The van der Waals surface area contributed by atoms with Crippen LogP contribution >= 0.6 is 0 Å². The maximum absolute atomic E-state index is 12.7. The third-order valence-electron chi connectivity index (χ3n) is 5.89. The van der Waals surface area contributed by atoms with Gasteiger partial charge in [-0.2, -0.15) is 0 Å². The molecule has 3 amide bonds. The second-order valence-corrected chi connectivity index (χ2v) is 8.82. The van der Waals surface area contributed by atoms with Crippen LogP contribution in [-0.4, -0.2) is 87.4 Å². The predicted octanol–water partition coefficient (Wildman–Crippen LogP) is -1.92. The monoisotopic (exact) mass is 520 g/mol. The summed E-state index contributed by atoms with van der Waals surface area (Å²) in [5.41, 5.74) is 13.1. The molecule has 2 aromatic rings. The van der Waals surface area contributed by atoms with Crippen LogP contribution in [0.5, 0.6) is 0 Å². The number of carboxylic acids is 1. The van der Waals surface area contributed by atoms with Gasteiger partial charge in [0.25, 0.3) is 0 Å². The molecule has 0 radical (unpaired) electrons. The number of aromatic nitrogens is 1. The van der Waals surface area contributed by atoms with Gasteiger partial charge in [-0.25, -0.2) is 4.79 Å². The first-order valence-electron chi connectivity index (χ1n) is 12.0. The first-order valence-corrected chi connectivity index (χ1v) is 12.0. The summed E-state index contributed by atoms with van der Waals surface area (Å²) in [6.45, 7) is 0.799. The van der Waals surface area contributed by atoms with Gasteiger partial charge in [-0.05, 0) is 50.8 Å². The molecule has 5 atom stereocenters. The van der Waals surface area contributed by atoms with E-state index < -0.39 is 60.6 Å². The van der Waals surface area contributed by atoms with E-state index in [2.05, 4.69) is 20.9 Å². The molecule has 0 aliphatic heterocycles. The van der Waals surface area contributed by atoms with Crippen LogP contribution in [0.2, 0.25) is 0 Å². The molecular formula is C24H36N6O7. The Labute approximate surface area is 214 Å². The van der Waals surface area contributed by atoms with Crippen molar-refractivity contribution in [3.8, 4) is 0 Å². The van der Waals surface area contributed by atoms with E-state index in [1.54, 1.807) is 6.20 Å². The topological polar surface area (TPSA) is 233 Å². The largest absolute Gasteiger partial charge is 0.480 e. The number of nitrogens with one attached hydrogen (secondary N) is 4. The van der Waals surface area contributed by atoms with Gasteiger partial charge < -0.3 is 47.7 Å². The fourth-order valence-corrected chi connectivity index (χ4v) is 3.77. The SMILES string of the molecule is CC(O)C(NC(=O)C(CO)NC(=O)C(N)Cc1c[nH]c2ccccc12)C(=O)NC(CCCCN)C(=O)O. The van der Waals surface area contributed by atoms with Gasteiger partial charge in [0, 0.05) is 17.1 Å². The quantitative estimate of drug-likeness (QED) is 0.119. The number of amides is 3. The highest BCUT2D eigenvalue weighted by molar-refractivity contribution is 5.94. The van der Waals surface area contributed by atoms with E-state index in [1.807, 2.05) is 24.3 Å². The van der Waals surface area contributed by atoms with Gasteiger partial charge in [0.05, 0.1) is 18.8 Å². The number of carbonyl (C=O) groups is 4. The van der Waals surface area contributed by atoms with Crippen molar-refractivity contribution in [3.05, 3.63) is 36.0 Å². The lowest BCUT2D eigenvalue weighted by Crippen LogP contribution is -2.60. The molecule has 1 aromatic carbocycles. The average Bonchev–Trinajstić information content (AvgIpc) is 3.27. The number of para-hydroxylation sites is 1. The van der Waals surface area contributed by atoms with Crippen LogP contribution in [0.25, 0.3) is 10.9 Å². The number of carbonyl (C=O) groups excluding carboxylic acids is 3. The van der Waals surface area contributed by atoms with E-state index in [4.69, 9.17) is 11.5 Å². The highest BCUT2D eigenvalue weighted by Crippen LogP contribution is 2.18. The number of hydrogen-bond donors (Lipinski definition) is 9. The number of hydrogen-bond acceptors (Lipinski definition) is 8. The number of carboxylic acid groups (broad SMARTS) is 1. The number of nitrogens with two attached hydrogens (primary N) is 2. The molecule has 37 heavy (non-hydrogen) atoms. The van der Waals surface area contributed by atoms with E-state index in [0.29, 0.717) is 19.4 Å². The minimum absolute atomic E-state index is 0.113. The molecule has 5 unspecified atom stereocenters. The molecule has 0 spiro atoms. The van der Waals surface area contributed by atoms with E-state index >= 15 is 0 Å². The summed E-state index contributed by atoms with van der Waals surface area (Å²) >= 11 is 0. The number of unbranched alkanes of at least 4 members (excludes halogenated alkanes) is 1. The summed E-state index contributed by atoms with van der Waals surface area (Å²) < 4.78 is 0. The first kappa shape index (κ1) is 29.7. The van der Waals surface area contributed by atoms with E-state index in [1.165, 1.54) is 6.92 Å².